The van der Waals surface area contributed by atoms with E-state index in [0.717, 1.165) is 17.0 Å². The Balaban J connectivity index is 1.82. The molecule has 2 atom stereocenters. The van der Waals surface area contributed by atoms with E-state index in [1.54, 1.807) is 25.3 Å². The molecule has 4 rings (SSSR count). The predicted molar refractivity (Wildman–Crippen MR) is 116 cm³/mol. The lowest BCUT2D eigenvalue weighted by molar-refractivity contribution is -0.136. The van der Waals surface area contributed by atoms with Crippen LogP contribution in [0.25, 0.3) is 0 Å². The molecule has 0 saturated carbocycles. The zero-order valence-corrected chi connectivity index (χ0v) is 17.8. The Morgan fingerprint density at radius 1 is 1.10 bits per heavy atom. The highest BCUT2D eigenvalue weighted by molar-refractivity contribution is 6.04. The van der Waals surface area contributed by atoms with Gasteiger partial charge in [-0.2, -0.15) is 0 Å². The van der Waals surface area contributed by atoms with E-state index >= 15 is 0 Å². The number of nitrogens with one attached hydrogen (secondary N) is 1. The van der Waals surface area contributed by atoms with Gasteiger partial charge in [0.15, 0.2) is 5.78 Å². The summed E-state index contributed by atoms with van der Waals surface area (Å²) in [6, 6.07) is 14.4. The first-order valence-electron chi connectivity index (χ1n) is 10.2. The number of dihydropyridines is 1. The number of benzene rings is 2. The molecule has 6 nitrogen and oxygen atoms in total. The summed E-state index contributed by atoms with van der Waals surface area (Å²) in [7, 11) is 2.95. The number of ketones is 1. The number of aromatic hydroxyl groups is 1. The van der Waals surface area contributed by atoms with Gasteiger partial charge in [0.05, 0.1) is 19.8 Å². The first kappa shape index (κ1) is 20.7. The number of carbonyl (C=O) groups excluding carboxylic acids is 2. The minimum Gasteiger partial charge on any atom is -0.508 e. The van der Waals surface area contributed by atoms with Gasteiger partial charge in [0.25, 0.3) is 0 Å². The molecule has 6 heteroatoms. The van der Waals surface area contributed by atoms with Crippen molar-refractivity contribution in [2.75, 3.05) is 14.2 Å². The number of para-hydroxylation sites is 1. The maximum atomic E-state index is 13.5. The van der Waals surface area contributed by atoms with Gasteiger partial charge in [-0.05, 0) is 42.7 Å². The second kappa shape index (κ2) is 8.30. The molecule has 1 heterocycles. The van der Waals surface area contributed by atoms with E-state index in [2.05, 4.69) is 5.32 Å². The summed E-state index contributed by atoms with van der Waals surface area (Å²) in [5.74, 6) is -0.326. The van der Waals surface area contributed by atoms with Crippen molar-refractivity contribution in [2.24, 2.45) is 0 Å². The molecule has 1 aliphatic carbocycles. The Hall–Kier alpha value is -3.54. The lowest BCUT2D eigenvalue weighted by Gasteiger charge is -2.36. The first-order valence-corrected chi connectivity index (χ1v) is 10.2. The highest BCUT2D eigenvalue weighted by Gasteiger charge is 2.41. The van der Waals surface area contributed by atoms with Gasteiger partial charge in [-0.3, -0.25) is 4.79 Å². The van der Waals surface area contributed by atoms with Gasteiger partial charge in [-0.15, -0.1) is 0 Å². The van der Waals surface area contributed by atoms with E-state index < -0.39 is 11.9 Å². The molecule has 1 aliphatic heterocycles. The average molecular weight is 419 g/mol. The molecule has 31 heavy (non-hydrogen) atoms. The van der Waals surface area contributed by atoms with Crippen molar-refractivity contribution in [1.82, 2.24) is 5.32 Å². The van der Waals surface area contributed by atoms with Crippen molar-refractivity contribution in [3.8, 4) is 11.5 Å². The third-order valence-corrected chi connectivity index (χ3v) is 6.02. The number of hydrogen-bond donors (Lipinski definition) is 2. The standard InChI is InChI=1S/C25H25NO5/c1-14-22(25(29)31-3)23(15-7-6-8-17(27)11-15)24-19(26-14)12-16(13-20(24)28)18-9-4-5-10-21(18)30-2/h4-11,16,23,26-27H,12-13H2,1-3H3. The predicted octanol–water partition coefficient (Wildman–Crippen LogP) is 3.94. The van der Waals surface area contributed by atoms with Crippen molar-refractivity contribution in [2.45, 2.75) is 31.6 Å². The van der Waals surface area contributed by atoms with Crippen molar-refractivity contribution in [1.29, 1.82) is 0 Å². The van der Waals surface area contributed by atoms with Crippen LogP contribution in [0.15, 0.2) is 71.1 Å². The molecule has 0 radical (unpaired) electrons. The number of hydrogen-bond acceptors (Lipinski definition) is 6. The summed E-state index contributed by atoms with van der Waals surface area (Å²) in [5.41, 5.74) is 4.05. The number of Topliss-reactive ketones (excluding diaryl/α,β-unsaturated/α-hetero) is 1. The van der Waals surface area contributed by atoms with Gasteiger partial charge >= 0.3 is 5.97 Å². The molecular weight excluding hydrogens is 394 g/mol. The van der Waals surface area contributed by atoms with E-state index in [4.69, 9.17) is 9.47 Å². The van der Waals surface area contributed by atoms with Crippen LogP contribution in [0.1, 0.15) is 42.7 Å². The Bertz CT molecular complexity index is 1110. The largest absolute Gasteiger partial charge is 0.508 e. The Kier molecular flexibility index (Phi) is 5.55. The number of phenolic OH excluding ortho intramolecular Hbond substituents is 1. The number of rotatable bonds is 4. The van der Waals surface area contributed by atoms with Crippen LogP contribution in [-0.4, -0.2) is 31.1 Å². The molecule has 0 bridgehead atoms. The second-order valence-corrected chi connectivity index (χ2v) is 7.85. The van der Waals surface area contributed by atoms with Crippen LogP contribution < -0.4 is 10.1 Å². The van der Waals surface area contributed by atoms with Gasteiger partial charge in [0, 0.05) is 35.2 Å². The molecular formula is C25H25NO5. The molecule has 2 aliphatic rings. The Labute approximate surface area is 181 Å². The fourth-order valence-electron chi connectivity index (χ4n) is 4.68. The van der Waals surface area contributed by atoms with E-state index in [9.17, 15) is 14.7 Å². The van der Waals surface area contributed by atoms with Crippen LogP contribution in [0.2, 0.25) is 0 Å². The van der Waals surface area contributed by atoms with Crippen LogP contribution in [0.3, 0.4) is 0 Å². The molecule has 2 unspecified atom stereocenters. The third kappa shape index (κ3) is 3.69. The molecule has 2 aromatic rings. The highest BCUT2D eigenvalue weighted by atomic mass is 16.5. The molecule has 160 valence electrons. The van der Waals surface area contributed by atoms with Crippen LogP contribution in [0, 0.1) is 0 Å². The SMILES string of the molecule is COC(=O)C1=C(C)NC2=C(C(=O)CC(c3ccccc3OC)C2)C1c1cccc(O)c1. The zero-order chi connectivity index (χ0) is 22.1. The number of ether oxygens (including phenoxy) is 2. The summed E-state index contributed by atoms with van der Waals surface area (Å²) < 4.78 is 10.5. The summed E-state index contributed by atoms with van der Waals surface area (Å²) >= 11 is 0. The van der Waals surface area contributed by atoms with Crippen LogP contribution in [0.5, 0.6) is 11.5 Å². The number of allylic oxidation sites excluding steroid dienone is 3. The Morgan fingerprint density at radius 3 is 2.58 bits per heavy atom. The Morgan fingerprint density at radius 2 is 1.87 bits per heavy atom. The molecule has 0 aromatic heterocycles. The number of methoxy groups -OCH3 is 2. The lowest BCUT2D eigenvalue weighted by atomic mass is 9.71. The topological polar surface area (TPSA) is 84.9 Å². The molecule has 0 fully saturated rings. The monoisotopic (exact) mass is 419 g/mol. The minimum atomic E-state index is -0.595. The van der Waals surface area contributed by atoms with Crippen LogP contribution >= 0.6 is 0 Å². The summed E-state index contributed by atoms with van der Waals surface area (Å²) in [5, 5.41) is 13.3. The average Bonchev–Trinajstić information content (AvgIpc) is 2.77. The minimum absolute atomic E-state index is 0.0350. The van der Waals surface area contributed by atoms with Crippen molar-refractivity contribution in [3.05, 3.63) is 82.2 Å². The van der Waals surface area contributed by atoms with Gasteiger partial charge in [-0.1, -0.05) is 30.3 Å². The fraction of sp³-hybridized carbons (Fsp3) is 0.280. The molecule has 0 spiro atoms. The summed E-state index contributed by atoms with van der Waals surface area (Å²) in [6.07, 6.45) is 0.923. The normalized spacial score (nSPS) is 20.8. The smallest absolute Gasteiger partial charge is 0.336 e. The van der Waals surface area contributed by atoms with E-state index in [1.807, 2.05) is 37.3 Å². The van der Waals surface area contributed by atoms with Gasteiger partial charge in [-0.25, -0.2) is 4.79 Å². The van der Waals surface area contributed by atoms with Crippen molar-refractivity contribution in [3.63, 3.8) is 0 Å². The molecule has 0 amide bonds. The van der Waals surface area contributed by atoms with Crippen molar-refractivity contribution >= 4 is 11.8 Å². The van der Waals surface area contributed by atoms with Crippen LogP contribution in [-0.2, 0) is 14.3 Å². The van der Waals surface area contributed by atoms with Gasteiger partial charge in [0.1, 0.15) is 11.5 Å². The summed E-state index contributed by atoms with van der Waals surface area (Å²) in [4.78, 5) is 26.1. The van der Waals surface area contributed by atoms with Crippen molar-refractivity contribution < 1.29 is 24.2 Å². The quantitative estimate of drug-likeness (QED) is 0.731. The van der Waals surface area contributed by atoms with E-state index in [-0.39, 0.29) is 17.5 Å². The highest BCUT2D eigenvalue weighted by Crippen LogP contribution is 2.47. The molecule has 2 N–H and O–H groups in total. The van der Waals surface area contributed by atoms with E-state index in [0.29, 0.717) is 35.2 Å². The molecule has 0 saturated heterocycles. The number of esters is 1. The zero-order valence-electron chi connectivity index (χ0n) is 17.8. The van der Waals surface area contributed by atoms with Crippen LogP contribution in [0.4, 0.5) is 0 Å². The maximum absolute atomic E-state index is 13.5. The summed E-state index contributed by atoms with van der Waals surface area (Å²) in [6.45, 7) is 1.81. The number of phenols is 1. The van der Waals surface area contributed by atoms with Gasteiger partial charge in [0.2, 0.25) is 0 Å². The number of carbonyl (C=O) groups is 2. The fourth-order valence-corrected chi connectivity index (χ4v) is 4.68. The first-order chi connectivity index (χ1) is 14.9. The van der Waals surface area contributed by atoms with Gasteiger partial charge < -0.3 is 19.9 Å². The molecule has 2 aromatic carbocycles. The maximum Gasteiger partial charge on any atom is 0.336 e. The second-order valence-electron chi connectivity index (χ2n) is 7.85. The van der Waals surface area contributed by atoms with E-state index in [1.165, 1.54) is 7.11 Å². The lowest BCUT2D eigenvalue weighted by Crippen LogP contribution is -2.36. The third-order valence-electron chi connectivity index (χ3n) is 6.02.